The molecule has 0 radical (unpaired) electrons. The minimum Gasteiger partial charge on any atom is -0.464 e. The first-order valence-electron chi connectivity index (χ1n) is 22.5. The number of cyclic esters (lactones) is 1. The molecule has 3 aromatic heterocycles. The van der Waals surface area contributed by atoms with Gasteiger partial charge in [-0.25, -0.2) is 10.4 Å². The lowest BCUT2D eigenvalue weighted by Gasteiger charge is -2.37. The maximum Gasteiger partial charge on any atom is 0.324 e. The van der Waals surface area contributed by atoms with Crippen LogP contribution in [0.5, 0.6) is 0 Å². The van der Waals surface area contributed by atoms with Crippen LogP contribution in [0.4, 0.5) is 0 Å². The number of pyridine rings is 1. The quantitative estimate of drug-likeness (QED) is 0.175. The van der Waals surface area contributed by atoms with E-state index in [1.165, 1.54) is 21.2 Å². The number of hydrazine groups is 1. The predicted molar refractivity (Wildman–Crippen MR) is 249 cm³/mol. The van der Waals surface area contributed by atoms with Gasteiger partial charge in [0.2, 0.25) is 11.8 Å². The lowest BCUT2D eigenvalue weighted by Crippen LogP contribution is -2.62. The number of likely N-dealkylation sites (tertiary alicyclic amines) is 1. The fourth-order valence-electron chi connectivity index (χ4n) is 9.59. The molecule has 4 amide bonds. The third kappa shape index (κ3) is 9.83. The van der Waals surface area contributed by atoms with Crippen molar-refractivity contribution in [2.75, 3.05) is 40.4 Å². The van der Waals surface area contributed by atoms with Crippen molar-refractivity contribution in [3.05, 3.63) is 58.2 Å². The second-order valence-electron chi connectivity index (χ2n) is 18.9. The summed E-state index contributed by atoms with van der Waals surface area (Å²) >= 11 is 1.40. The molecule has 6 atom stereocenters. The van der Waals surface area contributed by atoms with Crippen molar-refractivity contribution in [2.24, 2.45) is 30.2 Å². The number of rotatable bonds is 8. The normalized spacial score (nSPS) is 22.1. The standard InChI is InChI=1S/C49H62N8O7S/c1-11-14-41(58)56-24-29(4)35(25-56)46(60)55(9)43(28(2)3)45(59)52-37-22-40-51-38(26-65-40)31-17-18-39-33(21-31)34(44(54(39)8)32-15-12-19-50-42(32)30(5)63-10)23-49(6,7)27-64-48(62)36-16-13-20-57(53-36)47(37)61/h12,15,17-19,21,26,28-30,35-37,43,53H,13,16,20,22-25,27H2,1-10H3,(H,52,59)/t29-,30-,35+,36-,37-,43?/m0/s1. The van der Waals surface area contributed by atoms with Crippen molar-refractivity contribution in [2.45, 2.75) is 98.4 Å². The summed E-state index contributed by atoms with van der Waals surface area (Å²) in [6.07, 6.45) is 3.15. The van der Waals surface area contributed by atoms with Gasteiger partial charge in [0.15, 0.2) is 0 Å². The van der Waals surface area contributed by atoms with Gasteiger partial charge >= 0.3 is 5.97 Å². The summed E-state index contributed by atoms with van der Waals surface area (Å²) in [5, 5.41) is 8.06. The van der Waals surface area contributed by atoms with Crippen molar-refractivity contribution in [1.29, 1.82) is 0 Å². The number of likely N-dealkylation sites (N-methyl/N-ethyl adjacent to an activating group) is 1. The minimum atomic E-state index is -1.09. The van der Waals surface area contributed by atoms with Crippen molar-refractivity contribution in [3.8, 4) is 34.4 Å². The van der Waals surface area contributed by atoms with Crippen LogP contribution in [0.2, 0.25) is 0 Å². The van der Waals surface area contributed by atoms with Crippen LogP contribution in [0, 0.1) is 35.0 Å². The number of aromatic nitrogens is 3. The molecule has 0 saturated carbocycles. The minimum absolute atomic E-state index is 0.0683. The van der Waals surface area contributed by atoms with E-state index in [1.54, 1.807) is 32.2 Å². The number of carbonyl (C=O) groups is 5. The van der Waals surface area contributed by atoms with E-state index in [4.69, 9.17) is 19.4 Å². The van der Waals surface area contributed by atoms with Gasteiger partial charge in [-0.1, -0.05) is 46.6 Å². The number of carbonyl (C=O) groups excluding carboxylic acids is 5. The molecule has 1 aromatic carbocycles. The SMILES string of the molecule is CC#CC(=O)N1C[C@H](C)[C@H](C(=O)N(C)C(C(=O)N[C@H]2Cc3nc(cs3)-c3ccc4c(c3)c(c(-c3cccnc3[C@H](C)OC)n4C)CC(C)(C)COC(=O)[C@@H]3CCCN(N3)C2=O)C(C)C)C1. The number of ether oxygens (including phenoxy) is 2. The van der Waals surface area contributed by atoms with Crippen LogP contribution < -0.4 is 10.7 Å². The number of benzene rings is 1. The first-order valence-corrected chi connectivity index (χ1v) is 23.4. The van der Waals surface area contributed by atoms with Crippen LogP contribution in [-0.2, 0) is 53.3 Å². The molecule has 346 valence electrons. The zero-order valence-corrected chi connectivity index (χ0v) is 40.0. The lowest BCUT2D eigenvalue weighted by molar-refractivity contribution is -0.155. The maximum absolute atomic E-state index is 14.6. The number of nitrogens with zero attached hydrogens (tertiary/aromatic N) is 6. The van der Waals surface area contributed by atoms with Gasteiger partial charge in [0.1, 0.15) is 18.1 Å². The Hall–Kier alpha value is -5.63. The van der Waals surface area contributed by atoms with Crippen LogP contribution in [0.25, 0.3) is 33.4 Å². The Morgan fingerprint density at radius 2 is 1.91 bits per heavy atom. The number of methoxy groups -OCH3 is 1. The molecular weight excluding hydrogens is 845 g/mol. The zero-order chi connectivity index (χ0) is 46.9. The monoisotopic (exact) mass is 906 g/mol. The lowest BCUT2D eigenvalue weighted by atomic mass is 9.84. The van der Waals surface area contributed by atoms with E-state index in [9.17, 15) is 24.0 Å². The Bertz CT molecular complexity index is 2540. The third-order valence-electron chi connectivity index (χ3n) is 13.1. The first-order chi connectivity index (χ1) is 30.9. The Morgan fingerprint density at radius 3 is 2.63 bits per heavy atom. The van der Waals surface area contributed by atoms with Gasteiger partial charge in [-0.15, -0.1) is 11.3 Å². The van der Waals surface area contributed by atoms with Crippen molar-refractivity contribution < 1.29 is 33.4 Å². The number of fused-ring (bicyclic) bond motifs is 6. The Morgan fingerprint density at radius 1 is 1.14 bits per heavy atom. The van der Waals surface area contributed by atoms with Crippen LogP contribution in [-0.4, -0.2) is 117 Å². The molecule has 2 fully saturated rings. The van der Waals surface area contributed by atoms with Crippen molar-refractivity contribution in [3.63, 3.8) is 0 Å². The molecule has 7 rings (SSSR count). The Kier molecular flexibility index (Phi) is 14.2. The molecule has 15 nitrogen and oxygen atoms in total. The highest BCUT2D eigenvalue weighted by Crippen LogP contribution is 2.41. The van der Waals surface area contributed by atoms with E-state index in [0.717, 1.165) is 44.7 Å². The summed E-state index contributed by atoms with van der Waals surface area (Å²) in [5.74, 6) is 2.23. The number of nitrogens with one attached hydrogen (secondary N) is 2. The summed E-state index contributed by atoms with van der Waals surface area (Å²) in [6.45, 7) is 14.4. The van der Waals surface area contributed by atoms with Crippen LogP contribution >= 0.6 is 11.3 Å². The van der Waals surface area contributed by atoms with Crippen LogP contribution in [0.3, 0.4) is 0 Å². The number of hydrogen-bond donors (Lipinski definition) is 2. The molecule has 2 N–H and O–H groups in total. The first kappa shape index (κ1) is 47.3. The van der Waals surface area contributed by atoms with Gasteiger partial charge < -0.3 is 29.2 Å². The van der Waals surface area contributed by atoms with Gasteiger partial charge in [-0.05, 0) is 80.7 Å². The summed E-state index contributed by atoms with van der Waals surface area (Å²) < 4.78 is 14.0. The van der Waals surface area contributed by atoms with Gasteiger partial charge in [0.25, 0.3) is 11.8 Å². The Labute approximate surface area is 385 Å². The van der Waals surface area contributed by atoms with Gasteiger partial charge in [0, 0.05) is 86.3 Å². The van der Waals surface area contributed by atoms with Crippen molar-refractivity contribution in [1.82, 2.24) is 40.1 Å². The molecule has 16 heteroatoms. The molecular formula is C49H62N8O7S. The fourth-order valence-corrected chi connectivity index (χ4v) is 10.4. The van der Waals surface area contributed by atoms with E-state index in [2.05, 4.69) is 66.2 Å². The number of hydrogen-bond acceptors (Lipinski definition) is 11. The largest absolute Gasteiger partial charge is 0.464 e. The van der Waals surface area contributed by atoms with E-state index in [-0.39, 0.29) is 49.3 Å². The molecule has 6 bridgehead atoms. The number of thiazole rings is 1. The molecule has 3 aliphatic rings. The van der Waals surface area contributed by atoms with Crippen LogP contribution in [0.15, 0.2) is 41.9 Å². The number of aryl methyl sites for hydroxylation is 1. The van der Waals surface area contributed by atoms with E-state index < -0.39 is 47.2 Å². The van der Waals surface area contributed by atoms with Crippen molar-refractivity contribution >= 4 is 51.8 Å². The molecule has 6 heterocycles. The number of amides is 4. The third-order valence-corrected chi connectivity index (χ3v) is 14.0. The Balaban J connectivity index is 1.25. The second-order valence-corrected chi connectivity index (χ2v) is 19.8. The molecule has 0 spiro atoms. The highest BCUT2D eigenvalue weighted by Gasteiger charge is 2.43. The average molecular weight is 907 g/mol. The van der Waals surface area contributed by atoms with Gasteiger partial charge in [-0.3, -0.25) is 34.0 Å². The molecule has 3 aliphatic heterocycles. The molecule has 65 heavy (non-hydrogen) atoms. The highest BCUT2D eigenvalue weighted by atomic mass is 32.1. The van der Waals surface area contributed by atoms with E-state index in [0.29, 0.717) is 37.4 Å². The molecule has 0 aliphatic carbocycles. The van der Waals surface area contributed by atoms with Crippen LogP contribution in [0.1, 0.15) is 83.7 Å². The average Bonchev–Trinajstić information content (AvgIpc) is 3.99. The molecule has 2 saturated heterocycles. The fraction of sp³-hybridized carbons (Fsp3) is 0.531. The van der Waals surface area contributed by atoms with E-state index in [1.807, 2.05) is 45.2 Å². The smallest absolute Gasteiger partial charge is 0.324 e. The highest BCUT2D eigenvalue weighted by molar-refractivity contribution is 7.10. The number of esters is 1. The summed E-state index contributed by atoms with van der Waals surface area (Å²) in [6, 6.07) is 7.48. The predicted octanol–water partition coefficient (Wildman–Crippen LogP) is 5.32. The second kappa shape index (κ2) is 19.5. The van der Waals surface area contributed by atoms with Gasteiger partial charge in [-0.2, -0.15) is 0 Å². The summed E-state index contributed by atoms with van der Waals surface area (Å²) in [5.41, 5.74) is 9.11. The molecule has 1 unspecified atom stereocenters. The van der Waals surface area contributed by atoms with Gasteiger partial charge in [0.05, 0.1) is 40.7 Å². The maximum atomic E-state index is 14.6. The molecule has 4 aromatic rings. The zero-order valence-electron chi connectivity index (χ0n) is 39.2. The van der Waals surface area contributed by atoms with E-state index >= 15 is 0 Å². The summed E-state index contributed by atoms with van der Waals surface area (Å²) in [7, 11) is 5.33. The summed E-state index contributed by atoms with van der Waals surface area (Å²) in [4.78, 5) is 82.5. The topological polar surface area (TPSA) is 168 Å².